The molecule has 3 N–H and O–H groups in total. The maximum absolute atomic E-state index is 10.8. The summed E-state index contributed by atoms with van der Waals surface area (Å²) < 4.78 is 0. The van der Waals surface area contributed by atoms with E-state index in [-0.39, 0.29) is 5.56 Å². The van der Waals surface area contributed by atoms with Gasteiger partial charge in [0.15, 0.2) is 0 Å². The first kappa shape index (κ1) is 16.2. The zero-order chi connectivity index (χ0) is 15.8. The van der Waals surface area contributed by atoms with E-state index < -0.39 is 12.1 Å². The van der Waals surface area contributed by atoms with Gasteiger partial charge < -0.3 is 15.5 Å². The average Bonchev–Trinajstić information content (AvgIpc) is 2.54. The van der Waals surface area contributed by atoms with Crippen LogP contribution in [0.15, 0.2) is 54.6 Å². The molecule has 0 fully saturated rings. The van der Waals surface area contributed by atoms with Gasteiger partial charge in [-0.2, -0.15) is 0 Å². The van der Waals surface area contributed by atoms with Crippen LogP contribution in [0.25, 0.3) is 0 Å². The smallest absolute Gasteiger partial charge is 0.335 e. The molecule has 116 valence electrons. The third kappa shape index (κ3) is 5.31. The maximum Gasteiger partial charge on any atom is 0.335 e. The van der Waals surface area contributed by atoms with Gasteiger partial charge in [-0.05, 0) is 36.1 Å². The molecule has 2 aromatic carbocycles. The van der Waals surface area contributed by atoms with Gasteiger partial charge in [0, 0.05) is 13.1 Å². The molecule has 0 saturated carbocycles. The van der Waals surface area contributed by atoms with E-state index in [4.69, 9.17) is 5.11 Å². The molecule has 0 aliphatic carbocycles. The number of aliphatic hydroxyl groups excluding tert-OH is 1. The standard InChI is InChI=1S/C18H21NO3/c20-17(11-8-14-4-2-1-3-5-14)13-19-12-15-6-9-16(10-7-15)18(21)22/h1-7,9-10,17,19-20H,8,11-13H2,(H,21,22). The molecule has 0 aromatic heterocycles. The second kappa shape index (κ2) is 8.32. The summed E-state index contributed by atoms with van der Waals surface area (Å²) in [7, 11) is 0. The van der Waals surface area contributed by atoms with Gasteiger partial charge in [-0.25, -0.2) is 4.79 Å². The lowest BCUT2D eigenvalue weighted by molar-refractivity contribution is 0.0697. The first-order valence-corrected chi connectivity index (χ1v) is 7.40. The fourth-order valence-electron chi connectivity index (χ4n) is 2.23. The van der Waals surface area contributed by atoms with E-state index in [0.29, 0.717) is 13.1 Å². The van der Waals surface area contributed by atoms with Crippen molar-refractivity contribution >= 4 is 5.97 Å². The monoisotopic (exact) mass is 299 g/mol. The quantitative estimate of drug-likeness (QED) is 0.700. The van der Waals surface area contributed by atoms with E-state index in [1.165, 1.54) is 5.56 Å². The zero-order valence-corrected chi connectivity index (χ0v) is 12.4. The van der Waals surface area contributed by atoms with Crippen molar-refractivity contribution in [2.24, 2.45) is 0 Å². The van der Waals surface area contributed by atoms with E-state index in [2.05, 4.69) is 17.4 Å². The van der Waals surface area contributed by atoms with Crippen molar-refractivity contribution in [3.8, 4) is 0 Å². The number of carboxylic acids is 1. The fraction of sp³-hybridized carbons (Fsp3) is 0.278. The number of nitrogens with one attached hydrogen (secondary N) is 1. The molecule has 1 unspecified atom stereocenters. The van der Waals surface area contributed by atoms with Crippen LogP contribution in [-0.4, -0.2) is 28.8 Å². The van der Waals surface area contributed by atoms with Crippen LogP contribution in [-0.2, 0) is 13.0 Å². The van der Waals surface area contributed by atoms with E-state index in [9.17, 15) is 9.90 Å². The number of carbonyl (C=O) groups is 1. The Hall–Kier alpha value is -2.17. The number of benzene rings is 2. The topological polar surface area (TPSA) is 69.6 Å². The molecule has 4 heteroatoms. The summed E-state index contributed by atoms with van der Waals surface area (Å²) >= 11 is 0. The minimum atomic E-state index is -0.921. The van der Waals surface area contributed by atoms with E-state index >= 15 is 0 Å². The van der Waals surface area contributed by atoms with Gasteiger partial charge >= 0.3 is 5.97 Å². The summed E-state index contributed by atoms with van der Waals surface area (Å²) in [5.74, 6) is -0.921. The molecule has 0 heterocycles. The lowest BCUT2D eigenvalue weighted by atomic mass is 10.1. The number of rotatable bonds is 8. The highest BCUT2D eigenvalue weighted by Gasteiger charge is 2.05. The van der Waals surface area contributed by atoms with Gasteiger partial charge in [0.1, 0.15) is 0 Å². The predicted molar refractivity (Wildman–Crippen MR) is 85.9 cm³/mol. The Morgan fingerprint density at radius 3 is 2.32 bits per heavy atom. The third-order valence-electron chi connectivity index (χ3n) is 3.52. The number of aryl methyl sites for hydroxylation is 1. The summed E-state index contributed by atoms with van der Waals surface area (Å²) in [5.41, 5.74) is 2.51. The molecule has 0 spiro atoms. The highest BCUT2D eigenvalue weighted by molar-refractivity contribution is 5.87. The van der Waals surface area contributed by atoms with Crippen LogP contribution in [0.2, 0.25) is 0 Å². The second-order valence-corrected chi connectivity index (χ2v) is 5.31. The average molecular weight is 299 g/mol. The van der Waals surface area contributed by atoms with Crippen molar-refractivity contribution < 1.29 is 15.0 Å². The minimum Gasteiger partial charge on any atom is -0.478 e. The van der Waals surface area contributed by atoms with Gasteiger partial charge in [0.25, 0.3) is 0 Å². The van der Waals surface area contributed by atoms with Gasteiger partial charge in [-0.15, -0.1) is 0 Å². The SMILES string of the molecule is O=C(O)c1ccc(CNCC(O)CCc2ccccc2)cc1. The first-order chi connectivity index (χ1) is 10.6. The van der Waals surface area contributed by atoms with Crippen LogP contribution in [0.4, 0.5) is 0 Å². The van der Waals surface area contributed by atoms with Gasteiger partial charge in [0.05, 0.1) is 11.7 Å². The van der Waals surface area contributed by atoms with Crippen LogP contribution in [0.3, 0.4) is 0 Å². The Morgan fingerprint density at radius 1 is 1.00 bits per heavy atom. The largest absolute Gasteiger partial charge is 0.478 e. The summed E-state index contributed by atoms with van der Waals surface area (Å²) in [6.07, 6.45) is 1.19. The number of carboxylic acid groups (broad SMARTS) is 1. The second-order valence-electron chi connectivity index (χ2n) is 5.31. The van der Waals surface area contributed by atoms with Crippen LogP contribution in [0.5, 0.6) is 0 Å². The molecule has 4 nitrogen and oxygen atoms in total. The molecule has 0 amide bonds. The van der Waals surface area contributed by atoms with Gasteiger partial charge in [-0.3, -0.25) is 0 Å². The highest BCUT2D eigenvalue weighted by Crippen LogP contribution is 2.06. The molecule has 0 saturated heterocycles. The van der Waals surface area contributed by atoms with Crippen molar-refractivity contribution in [3.05, 3.63) is 71.3 Å². The summed E-state index contributed by atoms with van der Waals surface area (Å²) in [6, 6.07) is 16.9. The van der Waals surface area contributed by atoms with Crippen molar-refractivity contribution in [2.45, 2.75) is 25.5 Å². The number of aliphatic hydroxyl groups is 1. The molecular formula is C18H21NO3. The van der Waals surface area contributed by atoms with Gasteiger partial charge in [0.2, 0.25) is 0 Å². The van der Waals surface area contributed by atoms with Crippen molar-refractivity contribution in [1.82, 2.24) is 5.32 Å². The van der Waals surface area contributed by atoms with E-state index in [0.717, 1.165) is 18.4 Å². The summed E-state index contributed by atoms with van der Waals surface area (Å²) in [4.78, 5) is 10.8. The van der Waals surface area contributed by atoms with Crippen molar-refractivity contribution in [3.63, 3.8) is 0 Å². The third-order valence-corrected chi connectivity index (χ3v) is 3.52. The molecule has 0 aliphatic heterocycles. The van der Waals surface area contributed by atoms with Crippen molar-refractivity contribution in [1.29, 1.82) is 0 Å². The highest BCUT2D eigenvalue weighted by atomic mass is 16.4. The van der Waals surface area contributed by atoms with Crippen LogP contribution >= 0.6 is 0 Å². The summed E-state index contributed by atoms with van der Waals surface area (Å²) in [5, 5.41) is 22.0. The molecule has 22 heavy (non-hydrogen) atoms. The van der Waals surface area contributed by atoms with Crippen molar-refractivity contribution in [2.75, 3.05) is 6.54 Å². The molecular weight excluding hydrogens is 278 g/mol. The lowest BCUT2D eigenvalue weighted by Gasteiger charge is -2.12. The minimum absolute atomic E-state index is 0.284. The lowest BCUT2D eigenvalue weighted by Crippen LogP contribution is -2.26. The predicted octanol–water partition coefficient (Wildman–Crippen LogP) is 2.47. The molecule has 0 radical (unpaired) electrons. The number of aromatic carboxylic acids is 1. The maximum atomic E-state index is 10.8. The van der Waals surface area contributed by atoms with Crippen LogP contribution in [0, 0.1) is 0 Å². The number of hydrogen-bond donors (Lipinski definition) is 3. The Bertz CT molecular complexity index is 581. The fourth-order valence-corrected chi connectivity index (χ4v) is 2.23. The van der Waals surface area contributed by atoms with Crippen LogP contribution in [0.1, 0.15) is 27.9 Å². The first-order valence-electron chi connectivity index (χ1n) is 7.40. The Kier molecular flexibility index (Phi) is 6.13. The zero-order valence-electron chi connectivity index (χ0n) is 12.4. The molecule has 1 atom stereocenters. The molecule has 2 aromatic rings. The normalized spacial score (nSPS) is 12.0. The Labute approximate surface area is 130 Å². The summed E-state index contributed by atoms with van der Waals surface area (Å²) in [6.45, 7) is 1.13. The Morgan fingerprint density at radius 2 is 1.68 bits per heavy atom. The van der Waals surface area contributed by atoms with Crippen LogP contribution < -0.4 is 5.32 Å². The van der Waals surface area contributed by atoms with E-state index in [1.54, 1.807) is 24.3 Å². The number of hydrogen-bond acceptors (Lipinski definition) is 3. The molecule has 0 aliphatic rings. The Balaban J connectivity index is 1.68. The molecule has 2 rings (SSSR count). The van der Waals surface area contributed by atoms with Gasteiger partial charge in [-0.1, -0.05) is 42.5 Å². The molecule has 0 bridgehead atoms. The van der Waals surface area contributed by atoms with E-state index in [1.807, 2.05) is 18.2 Å².